The molecule has 1 aliphatic rings. The minimum Gasteiger partial charge on any atom is -0.486 e. The molecule has 3 aromatic rings. The second kappa shape index (κ2) is 13.1. The first-order valence-electron chi connectivity index (χ1n) is 12.9. The van der Waals surface area contributed by atoms with Gasteiger partial charge in [-0.15, -0.1) is 0 Å². The van der Waals surface area contributed by atoms with Gasteiger partial charge < -0.3 is 19.7 Å². The fourth-order valence-electron chi connectivity index (χ4n) is 4.43. The molecule has 1 N–H and O–H groups in total. The number of rotatable bonds is 11. The van der Waals surface area contributed by atoms with E-state index in [0.29, 0.717) is 36.3 Å². The van der Waals surface area contributed by atoms with Gasteiger partial charge in [0.05, 0.1) is 11.9 Å². The lowest BCUT2D eigenvalue weighted by molar-refractivity contribution is -0.140. The van der Waals surface area contributed by atoms with E-state index in [4.69, 9.17) is 21.1 Å². The summed E-state index contributed by atoms with van der Waals surface area (Å²) in [5, 5.41) is 3.36. The number of nitrogens with one attached hydrogen (secondary N) is 1. The van der Waals surface area contributed by atoms with Gasteiger partial charge >= 0.3 is 0 Å². The van der Waals surface area contributed by atoms with Gasteiger partial charge in [0.2, 0.25) is 21.8 Å². The van der Waals surface area contributed by atoms with E-state index in [9.17, 15) is 18.0 Å². The van der Waals surface area contributed by atoms with E-state index in [2.05, 4.69) is 5.32 Å². The average Bonchev–Trinajstić information content (AvgIpc) is 2.94. The Morgan fingerprint density at radius 3 is 2.27 bits per heavy atom. The largest absolute Gasteiger partial charge is 0.486 e. The standard InChI is InChI=1S/C29H32ClN3O6S/c1-3-31-29(35)25(17-21-7-5-4-6-8-21)32(19-22-9-11-23(30)12-10-22)28(34)20-33(40(2,36)37)24-13-14-26-27(18-24)39-16-15-38-26/h4-14,18,25H,3,15-17,19-20H2,1-2H3,(H,31,35)/t25-/m0/s1. The summed E-state index contributed by atoms with van der Waals surface area (Å²) in [5.41, 5.74) is 1.86. The molecule has 40 heavy (non-hydrogen) atoms. The van der Waals surface area contributed by atoms with Gasteiger partial charge in [0.25, 0.3) is 0 Å². The van der Waals surface area contributed by atoms with Crippen LogP contribution in [-0.2, 0) is 32.6 Å². The number of anilines is 1. The minimum atomic E-state index is -3.90. The molecular weight excluding hydrogens is 554 g/mol. The number of ether oxygens (including phenoxy) is 2. The predicted molar refractivity (Wildman–Crippen MR) is 154 cm³/mol. The summed E-state index contributed by atoms with van der Waals surface area (Å²) >= 11 is 6.07. The molecular formula is C29H32ClN3O6S. The number of sulfonamides is 1. The van der Waals surface area contributed by atoms with Crippen LogP contribution in [0.15, 0.2) is 72.8 Å². The van der Waals surface area contributed by atoms with E-state index in [-0.39, 0.29) is 24.6 Å². The number of likely N-dealkylation sites (N-methyl/N-ethyl adjacent to an activating group) is 1. The van der Waals surface area contributed by atoms with E-state index in [1.165, 1.54) is 11.0 Å². The van der Waals surface area contributed by atoms with Crippen molar-refractivity contribution in [2.24, 2.45) is 0 Å². The van der Waals surface area contributed by atoms with Crippen molar-refractivity contribution >= 4 is 39.1 Å². The molecule has 0 radical (unpaired) electrons. The van der Waals surface area contributed by atoms with E-state index in [0.717, 1.165) is 21.7 Å². The third-order valence-corrected chi connectivity index (χ3v) is 7.77. The Kier molecular flexibility index (Phi) is 9.54. The quantitative estimate of drug-likeness (QED) is 0.368. The molecule has 0 saturated carbocycles. The van der Waals surface area contributed by atoms with Crippen LogP contribution in [-0.4, -0.2) is 63.7 Å². The topological polar surface area (TPSA) is 105 Å². The lowest BCUT2D eigenvalue weighted by Crippen LogP contribution is -2.53. The van der Waals surface area contributed by atoms with Gasteiger partial charge in [0.15, 0.2) is 11.5 Å². The maximum atomic E-state index is 14.0. The van der Waals surface area contributed by atoms with E-state index in [1.54, 1.807) is 43.3 Å². The molecule has 212 valence electrons. The van der Waals surface area contributed by atoms with E-state index >= 15 is 0 Å². The molecule has 3 aromatic carbocycles. The summed E-state index contributed by atoms with van der Waals surface area (Å²) in [6.07, 6.45) is 1.28. The maximum Gasteiger partial charge on any atom is 0.244 e. The van der Waals surface area contributed by atoms with Crippen LogP contribution in [0.5, 0.6) is 11.5 Å². The first-order chi connectivity index (χ1) is 19.2. The highest BCUT2D eigenvalue weighted by Gasteiger charge is 2.33. The number of hydrogen-bond acceptors (Lipinski definition) is 6. The van der Waals surface area contributed by atoms with Crippen molar-refractivity contribution in [2.45, 2.75) is 25.9 Å². The molecule has 0 spiro atoms. The molecule has 2 amide bonds. The monoisotopic (exact) mass is 585 g/mol. The Hall–Kier alpha value is -3.76. The number of halogens is 1. The van der Waals surface area contributed by atoms with Crippen molar-refractivity contribution in [3.05, 3.63) is 88.9 Å². The lowest BCUT2D eigenvalue weighted by Gasteiger charge is -2.33. The molecule has 0 bridgehead atoms. The Labute approximate surface area is 239 Å². The summed E-state index contributed by atoms with van der Waals surface area (Å²) in [6.45, 7) is 2.45. The highest BCUT2D eigenvalue weighted by atomic mass is 35.5. The molecule has 0 aliphatic carbocycles. The maximum absolute atomic E-state index is 14.0. The second-order valence-corrected chi connectivity index (χ2v) is 11.7. The Morgan fingerprint density at radius 1 is 0.950 bits per heavy atom. The van der Waals surface area contributed by atoms with E-state index in [1.807, 2.05) is 30.3 Å². The van der Waals surface area contributed by atoms with Crippen LogP contribution >= 0.6 is 11.6 Å². The molecule has 1 heterocycles. The Balaban J connectivity index is 1.71. The smallest absolute Gasteiger partial charge is 0.244 e. The lowest BCUT2D eigenvalue weighted by atomic mass is 10.0. The van der Waals surface area contributed by atoms with Crippen LogP contribution in [0.2, 0.25) is 5.02 Å². The first-order valence-corrected chi connectivity index (χ1v) is 15.1. The summed E-state index contributed by atoms with van der Waals surface area (Å²) < 4.78 is 38.1. The summed E-state index contributed by atoms with van der Waals surface area (Å²) in [5.74, 6) is 0.0202. The fraction of sp³-hybridized carbons (Fsp3) is 0.310. The summed E-state index contributed by atoms with van der Waals surface area (Å²) in [4.78, 5) is 28.8. The van der Waals surface area contributed by atoms with Crippen LogP contribution < -0.4 is 19.1 Å². The second-order valence-electron chi connectivity index (χ2n) is 9.35. The minimum absolute atomic E-state index is 0.0728. The molecule has 1 aliphatic heterocycles. The highest BCUT2D eigenvalue weighted by Crippen LogP contribution is 2.34. The van der Waals surface area contributed by atoms with E-state index < -0.39 is 28.5 Å². The average molecular weight is 586 g/mol. The van der Waals surface area contributed by atoms with Crippen molar-refractivity contribution in [1.29, 1.82) is 0 Å². The van der Waals surface area contributed by atoms with Gasteiger partial charge in [-0.3, -0.25) is 13.9 Å². The Morgan fingerprint density at radius 2 is 1.62 bits per heavy atom. The normalized spacial score (nSPS) is 13.3. The molecule has 9 nitrogen and oxygen atoms in total. The van der Waals surface area contributed by atoms with Gasteiger partial charge in [-0.1, -0.05) is 54.1 Å². The molecule has 0 saturated heterocycles. The van der Waals surface area contributed by atoms with Crippen molar-refractivity contribution in [3.8, 4) is 11.5 Å². The number of fused-ring (bicyclic) bond motifs is 1. The molecule has 11 heteroatoms. The zero-order valence-electron chi connectivity index (χ0n) is 22.4. The van der Waals surface area contributed by atoms with Crippen LogP contribution in [0.1, 0.15) is 18.1 Å². The van der Waals surface area contributed by atoms with Crippen molar-refractivity contribution in [1.82, 2.24) is 10.2 Å². The molecule has 0 aromatic heterocycles. The molecule has 4 rings (SSSR count). The Bertz CT molecular complexity index is 1430. The van der Waals surface area contributed by atoms with Crippen LogP contribution in [0.3, 0.4) is 0 Å². The number of carbonyl (C=O) groups excluding carboxylic acids is 2. The molecule has 0 unspecified atom stereocenters. The van der Waals surface area contributed by atoms with Gasteiger partial charge in [0.1, 0.15) is 25.8 Å². The van der Waals surface area contributed by atoms with Crippen molar-refractivity contribution < 1.29 is 27.5 Å². The van der Waals surface area contributed by atoms with Crippen molar-refractivity contribution in [3.63, 3.8) is 0 Å². The summed E-state index contributed by atoms with van der Waals surface area (Å²) in [7, 11) is -3.90. The fourth-order valence-corrected chi connectivity index (χ4v) is 5.40. The molecule has 0 fully saturated rings. The zero-order chi connectivity index (χ0) is 28.7. The number of amides is 2. The van der Waals surface area contributed by atoms with Crippen LogP contribution in [0.4, 0.5) is 5.69 Å². The number of benzene rings is 3. The van der Waals surface area contributed by atoms with Crippen LogP contribution in [0, 0.1) is 0 Å². The van der Waals surface area contributed by atoms with Crippen molar-refractivity contribution in [2.75, 3.05) is 36.9 Å². The highest BCUT2D eigenvalue weighted by molar-refractivity contribution is 7.92. The SMILES string of the molecule is CCNC(=O)[C@H](Cc1ccccc1)N(Cc1ccc(Cl)cc1)C(=O)CN(c1ccc2c(c1)OCCO2)S(C)(=O)=O. The van der Waals surface area contributed by atoms with Gasteiger partial charge in [0, 0.05) is 30.6 Å². The number of nitrogens with zero attached hydrogens (tertiary/aromatic N) is 2. The summed E-state index contributed by atoms with van der Waals surface area (Å²) in [6, 6.07) is 20.1. The third kappa shape index (κ3) is 7.45. The van der Waals surface area contributed by atoms with Gasteiger partial charge in [-0.25, -0.2) is 8.42 Å². The number of hydrogen-bond donors (Lipinski definition) is 1. The predicted octanol–water partition coefficient (Wildman–Crippen LogP) is 3.65. The third-order valence-electron chi connectivity index (χ3n) is 6.38. The number of carbonyl (C=O) groups is 2. The molecule has 1 atom stereocenters. The van der Waals surface area contributed by atoms with Crippen LogP contribution in [0.25, 0.3) is 0 Å². The zero-order valence-corrected chi connectivity index (χ0v) is 24.0. The van der Waals surface area contributed by atoms with Gasteiger partial charge in [-0.2, -0.15) is 0 Å². The first kappa shape index (κ1) is 29.2. The van der Waals surface area contributed by atoms with Gasteiger partial charge in [-0.05, 0) is 42.3 Å².